The van der Waals surface area contributed by atoms with E-state index in [1.165, 1.54) is 69.2 Å². The smallest absolute Gasteiger partial charge is 0.276 e. The average molecular weight is 652 g/mol. The molecule has 1 N–H and O–H groups in total. The Morgan fingerprint density at radius 1 is 0.739 bits per heavy atom. The minimum Gasteiger partial charge on any atom is -0.490 e. The maximum Gasteiger partial charge on any atom is 0.276 e. The van der Waals surface area contributed by atoms with Gasteiger partial charge in [-0.25, -0.2) is 0 Å². The number of sulfonamides is 1. The average Bonchev–Trinajstić information content (AvgIpc) is 3.05. The topological polar surface area (TPSA) is 120 Å². The van der Waals surface area contributed by atoms with Gasteiger partial charge in [-0.2, -0.15) is 18.4 Å². The highest BCUT2D eigenvalue weighted by Gasteiger charge is 2.18. The third-order valence-corrected chi connectivity index (χ3v) is 8.89. The lowest BCUT2D eigenvalue weighted by molar-refractivity contribution is -0.384. The van der Waals surface area contributed by atoms with E-state index in [1.54, 1.807) is 42.5 Å². The van der Waals surface area contributed by atoms with Crippen LogP contribution in [-0.2, 0) is 10.0 Å². The van der Waals surface area contributed by atoms with Crippen LogP contribution < -0.4 is 14.3 Å². The van der Waals surface area contributed by atoms with Crippen LogP contribution >= 0.6 is 0 Å². The number of hydrazone groups is 1. The summed E-state index contributed by atoms with van der Waals surface area (Å²) in [5, 5.41) is 15.9. The zero-order chi connectivity index (χ0) is 33.2. The molecule has 0 aliphatic rings. The molecule has 0 spiro atoms. The molecule has 3 rings (SSSR count). The summed E-state index contributed by atoms with van der Waals surface area (Å²) in [5.74, 6) is 1.12. The van der Waals surface area contributed by atoms with Crippen LogP contribution in [0, 0.1) is 17.0 Å². The monoisotopic (exact) mass is 651 g/mol. The van der Waals surface area contributed by atoms with E-state index < -0.39 is 14.9 Å². The van der Waals surface area contributed by atoms with E-state index in [4.69, 9.17) is 9.47 Å². The van der Waals surface area contributed by atoms with E-state index in [-0.39, 0.29) is 16.3 Å². The summed E-state index contributed by atoms with van der Waals surface area (Å²) in [5.41, 5.74) is 1.91. The number of non-ortho nitro benzene ring substituents is 1. The van der Waals surface area contributed by atoms with Gasteiger partial charge in [0.2, 0.25) is 0 Å². The zero-order valence-corrected chi connectivity index (χ0v) is 28.3. The van der Waals surface area contributed by atoms with Gasteiger partial charge in [-0.1, -0.05) is 108 Å². The van der Waals surface area contributed by atoms with Gasteiger partial charge in [0, 0.05) is 23.3 Å². The molecule has 0 atom stereocenters. The Hall–Kier alpha value is -3.92. The predicted octanol–water partition coefficient (Wildman–Crippen LogP) is 9.11. The van der Waals surface area contributed by atoms with Gasteiger partial charge < -0.3 is 9.47 Å². The molecule has 46 heavy (non-hydrogen) atoms. The van der Waals surface area contributed by atoms with Crippen molar-refractivity contribution >= 4 is 21.4 Å². The zero-order valence-electron chi connectivity index (χ0n) is 27.5. The number of hydrogen-bond donors (Lipinski definition) is 1. The molecule has 0 amide bonds. The molecule has 0 bridgehead atoms. The fourth-order valence-corrected chi connectivity index (χ4v) is 5.77. The number of nitrogens with one attached hydrogen (secondary N) is 1. The van der Waals surface area contributed by atoms with E-state index in [0.717, 1.165) is 37.7 Å². The van der Waals surface area contributed by atoms with E-state index in [2.05, 4.69) is 23.8 Å². The summed E-state index contributed by atoms with van der Waals surface area (Å²) in [6, 6.07) is 17.7. The first-order valence-electron chi connectivity index (χ1n) is 16.6. The Morgan fingerprint density at radius 2 is 1.30 bits per heavy atom. The van der Waals surface area contributed by atoms with Gasteiger partial charge in [-0.3, -0.25) is 10.1 Å². The van der Waals surface area contributed by atoms with Crippen LogP contribution in [0.25, 0.3) is 0 Å². The number of benzene rings is 3. The van der Waals surface area contributed by atoms with Crippen molar-refractivity contribution < 1.29 is 22.8 Å². The van der Waals surface area contributed by atoms with Gasteiger partial charge in [0.25, 0.3) is 15.7 Å². The van der Waals surface area contributed by atoms with Crippen molar-refractivity contribution in [3.05, 3.63) is 93.5 Å². The van der Waals surface area contributed by atoms with Crippen LogP contribution in [0.1, 0.15) is 108 Å². The lowest BCUT2D eigenvalue weighted by Gasteiger charge is -2.16. The number of unbranched alkanes of at least 4 members (excludes halogenated alkanes) is 10. The Balaban J connectivity index is 1.91. The molecule has 0 radical (unpaired) electrons. The maximum absolute atomic E-state index is 13.1. The first-order valence-corrected chi connectivity index (χ1v) is 18.0. The molecule has 0 unspecified atom stereocenters. The molecule has 10 heteroatoms. The van der Waals surface area contributed by atoms with Gasteiger partial charge in [0.1, 0.15) is 0 Å². The molecule has 250 valence electrons. The molecular weight excluding hydrogens is 602 g/mol. The van der Waals surface area contributed by atoms with Crippen molar-refractivity contribution in [2.24, 2.45) is 5.10 Å². The number of nitro benzene ring substituents is 1. The summed E-state index contributed by atoms with van der Waals surface area (Å²) in [4.78, 5) is 13.5. The van der Waals surface area contributed by atoms with Crippen LogP contribution in [0.2, 0.25) is 0 Å². The third kappa shape index (κ3) is 12.1. The maximum atomic E-state index is 13.1. The lowest BCUT2D eigenvalue weighted by Crippen LogP contribution is -2.21. The highest BCUT2D eigenvalue weighted by molar-refractivity contribution is 7.89. The third-order valence-electron chi connectivity index (χ3n) is 7.67. The Labute approximate surface area is 274 Å². The number of nitro groups is 1. The molecule has 3 aromatic rings. The summed E-state index contributed by atoms with van der Waals surface area (Å²) >= 11 is 0. The molecule has 0 heterocycles. The van der Waals surface area contributed by atoms with Crippen LogP contribution in [0.4, 0.5) is 5.69 Å². The van der Waals surface area contributed by atoms with Crippen molar-refractivity contribution in [2.75, 3.05) is 13.2 Å². The predicted molar refractivity (Wildman–Crippen MR) is 184 cm³/mol. The van der Waals surface area contributed by atoms with Gasteiger partial charge in [-0.15, -0.1) is 0 Å². The SMILES string of the molecule is CCCCCCCCOc1ccc(C(=NNS(=O)(=O)c2ccc(C)cc2)c2cccc([N+](=O)[O-])c2)cc1OCCCCCCCC. The summed E-state index contributed by atoms with van der Waals surface area (Å²) in [6.07, 6.45) is 13.6. The van der Waals surface area contributed by atoms with Crippen molar-refractivity contribution in [1.29, 1.82) is 0 Å². The Bertz CT molecular complexity index is 1510. The number of rotatable bonds is 22. The molecule has 0 aromatic heterocycles. The number of aryl methyl sites for hydroxylation is 1. The second kappa shape index (κ2) is 19.6. The van der Waals surface area contributed by atoms with Gasteiger partial charge in [-0.05, 0) is 50.1 Å². The molecule has 0 aliphatic heterocycles. The first-order chi connectivity index (χ1) is 22.2. The van der Waals surface area contributed by atoms with Crippen LogP contribution in [0.5, 0.6) is 11.5 Å². The van der Waals surface area contributed by atoms with Gasteiger partial charge >= 0.3 is 0 Å². The molecule has 3 aromatic carbocycles. The van der Waals surface area contributed by atoms with Crippen LogP contribution in [0.3, 0.4) is 0 Å². The van der Waals surface area contributed by atoms with E-state index in [9.17, 15) is 18.5 Å². The van der Waals surface area contributed by atoms with E-state index >= 15 is 0 Å². The minimum atomic E-state index is -4.01. The van der Waals surface area contributed by atoms with E-state index in [0.29, 0.717) is 35.8 Å². The molecule has 0 aliphatic carbocycles. The highest BCUT2D eigenvalue weighted by atomic mass is 32.2. The molecule has 9 nitrogen and oxygen atoms in total. The number of nitrogens with zero attached hydrogens (tertiary/aromatic N) is 2. The minimum absolute atomic E-state index is 0.0571. The van der Waals surface area contributed by atoms with Gasteiger partial charge in [0.15, 0.2) is 11.5 Å². The van der Waals surface area contributed by atoms with Crippen molar-refractivity contribution in [3.8, 4) is 11.5 Å². The summed E-state index contributed by atoms with van der Waals surface area (Å²) < 4.78 is 38.7. The van der Waals surface area contributed by atoms with Crippen LogP contribution in [0.15, 0.2) is 76.7 Å². The summed E-state index contributed by atoms with van der Waals surface area (Å²) in [7, 11) is -4.01. The Kier molecular flexibility index (Phi) is 15.5. The fourth-order valence-electron chi connectivity index (χ4n) is 4.95. The standard InChI is InChI=1S/C36H49N3O6S/c1-4-6-8-10-12-14-25-44-34-24-21-31(28-35(34)45-26-15-13-11-9-7-5-2)36(30-17-16-18-32(27-30)39(40)41)37-38-46(42,43)33-22-19-29(3)20-23-33/h16-24,27-28,38H,4-15,25-26H2,1-3H3. The summed E-state index contributed by atoms with van der Waals surface area (Å²) in [6.45, 7) is 7.33. The quantitative estimate of drug-likeness (QED) is 0.0501. The number of ether oxygens (including phenoxy) is 2. The van der Waals surface area contributed by atoms with Crippen molar-refractivity contribution in [1.82, 2.24) is 4.83 Å². The largest absolute Gasteiger partial charge is 0.490 e. The van der Waals surface area contributed by atoms with E-state index in [1.807, 2.05) is 6.92 Å². The second-order valence-corrected chi connectivity index (χ2v) is 13.2. The lowest BCUT2D eigenvalue weighted by atomic mass is 10.0. The number of hydrogen-bond acceptors (Lipinski definition) is 7. The normalized spacial score (nSPS) is 11.8. The van der Waals surface area contributed by atoms with Crippen molar-refractivity contribution in [3.63, 3.8) is 0 Å². The molecule has 0 fully saturated rings. The molecular formula is C36H49N3O6S. The van der Waals surface area contributed by atoms with Crippen LogP contribution in [-0.4, -0.2) is 32.3 Å². The molecule has 0 saturated carbocycles. The van der Waals surface area contributed by atoms with Crippen molar-refractivity contribution in [2.45, 2.75) is 103 Å². The first kappa shape index (κ1) is 36.5. The fraction of sp³-hybridized carbons (Fsp3) is 0.472. The highest BCUT2D eigenvalue weighted by Crippen LogP contribution is 2.31. The second-order valence-electron chi connectivity index (χ2n) is 11.6. The molecule has 0 saturated heterocycles. The Morgan fingerprint density at radius 3 is 1.91 bits per heavy atom. The van der Waals surface area contributed by atoms with Gasteiger partial charge in [0.05, 0.1) is 28.7 Å².